The van der Waals surface area contributed by atoms with Gasteiger partial charge in [0.1, 0.15) is 12.0 Å². The fraction of sp³-hybridized carbons (Fsp3) is 0.366. The van der Waals surface area contributed by atoms with Gasteiger partial charge in [0, 0.05) is 50.0 Å². The molecule has 50 heavy (non-hydrogen) atoms. The number of carbonyl (C=O) groups excluding carboxylic acids is 2. The molecule has 0 bridgehead atoms. The van der Waals surface area contributed by atoms with Gasteiger partial charge in [0.2, 0.25) is 5.91 Å². The summed E-state index contributed by atoms with van der Waals surface area (Å²) in [6.07, 6.45) is -2.55. The number of benzene rings is 4. The molecule has 1 fully saturated rings. The molecule has 2 aliphatic rings. The Morgan fingerprint density at radius 2 is 1.36 bits per heavy atom. The fourth-order valence-corrected chi connectivity index (χ4v) is 7.49. The lowest BCUT2D eigenvalue weighted by Crippen LogP contribution is -2.47. The Morgan fingerprint density at radius 1 is 0.780 bits per heavy atom. The number of piperazine rings is 1. The van der Waals surface area contributed by atoms with Crippen molar-refractivity contribution in [3.8, 4) is 11.1 Å². The average Bonchev–Trinajstić information content (AvgIpc) is 3.42. The standard InChI is InChI=1S/C41H45F3N4O2/c1-30(2)48(28-31-12-4-3-5-13-31)38(49)32-18-20-33(21-19-32)47-26-24-46(25-27-47)23-11-10-22-40(39(50)45-29-41(42,43)44)36-16-8-6-14-34(36)35-15-7-9-17-37(35)40/h3-9,12-21,30H,10-11,22-29H2,1-2H3,(H,45,50). The van der Waals surface area contributed by atoms with E-state index in [1.165, 1.54) is 0 Å². The van der Waals surface area contributed by atoms with Crippen LogP contribution in [0, 0.1) is 0 Å². The Hall–Kier alpha value is -4.63. The van der Waals surface area contributed by atoms with Crippen LogP contribution in [0.25, 0.3) is 11.1 Å². The Balaban J connectivity index is 1.04. The van der Waals surface area contributed by atoms with Gasteiger partial charge in [-0.15, -0.1) is 0 Å². The highest BCUT2D eigenvalue weighted by Crippen LogP contribution is 2.51. The zero-order valence-corrected chi connectivity index (χ0v) is 28.8. The number of rotatable bonds is 12. The Kier molecular flexibility index (Phi) is 10.6. The highest BCUT2D eigenvalue weighted by atomic mass is 19.4. The van der Waals surface area contributed by atoms with E-state index >= 15 is 0 Å². The summed E-state index contributed by atoms with van der Waals surface area (Å²) in [7, 11) is 0. The molecule has 0 unspecified atom stereocenters. The van der Waals surface area contributed by atoms with Crippen LogP contribution < -0.4 is 10.2 Å². The molecule has 1 heterocycles. The van der Waals surface area contributed by atoms with Crippen LogP contribution in [0.1, 0.15) is 60.2 Å². The van der Waals surface area contributed by atoms with Crippen molar-refractivity contribution in [1.82, 2.24) is 15.1 Å². The Morgan fingerprint density at radius 3 is 1.94 bits per heavy atom. The van der Waals surface area contributed by atoms with Gasteiger partial charge in [-0.25, -0.2) is 0 Å². The maximum absolute atomic E-state index is 13.8. The third-order valence-electron chi connectivity index (χ3n) is 10.1. The molecule has 0 atom stereocenters. The summed E-state index contributed by atoms with van der Waals surface area (Å²) >= 11 is 0. The van der Waals surface area contributed by atoms with Crippen molar-refractivity contribution in [2.75, 3.05) is 44.2 Å². The summed E-state index contributed by atoms with van der Waals surface area (Å²) in [4.78, 5) is 33.8. The summed E-state index contributed by atoms with van der Waals surface area (Å²) in [5.74, 6) is -0.578. The minimum Gasteiger partial charge on any atom is -0.369 e. The maximum atomic E-state index is 13.8. The maximum Gasteiger partial charge on any atom is 0.405 e. The van der Waals surface area contributed by atoms with Crippen molar-refractivity contribution in [3.05, 3.63) is 125 Å². The highest BCUT2D eigenvalue weighted by molar-refractivity contribution is 6.00. The first kappa shape index (κ1) is 35.2. The quantitative estimate of drug-likeness (QED) is 0.156. The Bertz CT molecular complexity index is 1720. The van der Waals surface area contributed by atoms with Gasteiger partial charge in [0.05, 0.1) is 0 Å². The molecule has 1 N–H and O–H groups in total. The van der Waals surface area contributed by atoms with E-state index in [-0.39, 0.29) is 11.9 Å². The molecule has 6 nitrogen and oxygen atoms in total. The molecular formula is C41H45F3N4O2. The number of nitrogens with one attached hydrogen (secondary N) is 1. The summed E-state index contributed by atoms with van der Waals surface area (Å²) in [6.45, 7) is 7.58. The van der Waals surface area contributed by atoms with Crippen molar-refractivity contribution < 1.29 is 22.8 Å². The molecule has 0 aromatic heterocycles. The first-order valence-corrected chi connectivity index (χ1v) is 17.5. The molecule has 0 radical (unpaired) electrons. The molecule has 6 rings (SSSR count). The lowest BCUT2D eigenvalue weighted by molar-refractivity contribution is -0.141. The number of nitrogens with zero attached hydrogens (tertiary/aromatic N) is 3. The smallest absolute Gasteiger partial charge is 0.369 e. The van der Waals surface area contributed by atoms with Gasteiger partial charge in [-0.2, -0.15) is 13.2 Å². The van der Waals surface area contributed by atoms with Crippen molar-refractivity contribution in [3.63, 3.8) is 0 Å². The summed E-state index contributed by atoms with van der Waals surface area (Å²) in [5.41, 5.74) is 5.06. The third-order valence-corrected chi connectivity index (χ3v) is 10.1. The number of carbonyl (C=O) groups is 2. The lowest BCUT2D eigenvalue weighted by Gasteiger charge is -2.36. The number of fused-ring (bicyclic) bond motifs is 3. The predicted molar refractivity (Wildman–Crippen MR) is 192 cm³/mol. The number of amides is 2. The second kappa shape index (κ2) is 15.1. The van der Waals surface area contributed by atoms with E-state index in [1.807, 2.05) is 122 Å². The molecule has 0 saturated carbocycles. The number of hydrogen-bond donors (Lipinski definition) is 1. The normalized spacial score (nSPS) is 15.4. The summed E-state index contributed by atoms with van der Waals surface area (Å²) in [6, 6.07) is 33.2. The number of hydrogen-bond acceptors (Lipinski definition) is 4. The van der Waals surface area contributed by atoms with Gasteiger partial charge in [0.25, 0.3) is 5.91 Å². The van der Waals surface area contributed by atoms with Crippen LogP contribution >= 0.6 is 0 Å². The van der Waals surface area contributed by atoms with E-state index in [2.05, 4.69) is 15.1 Å². The SMILES string of the molecule is CC(C)N(Cc1ccccc1)C(=O)c1ccc(N2CCN(CCCCC3(C(=O)NCC(F)(F)F)c4ccccc4-c4ccccc43)CC2)cc1. The molecule has 4 aromatic rings. The molecule has 0 spiro atoms. The van der Waals surface area contributed by atoms with E-state index in [4.69, 9.17) is 0 Å². The number of alkyl halides is 3. The van der Waals surface area contributed by atoms with Gasteiger partial charge in [-0.05, 0) is 85.3 Å². The van der Waals surface area contributed by atoms with Crippen LogP contribution in [-0.2, 0) is 16.8 Å². The number of halogens is 3. The van der Waals surface area contributed by atoms with Crippen LogP contribution in [0.4, 0.5) is 18.9 Å². The van der Waals surface area contributed by atoms with E-state index < -0.39 is 24.0 Å². The molecule has 262 valence electrons. The van der Waals surface area contributed by atoms with E-state index in [1.54, 1.807) is 0 Å². The van der Waals surface area contributed by atoms with Gasteiger partial charge in [0.15, 0.2) is 0 Å². The van der Waals surface area contributed by atoms with E-state index in [0.717, 1.165) is 72.6 Å². The summed E-state index contributed by atoms with van der Waals surface area (Å²) < 4.78 is 39.6. The monoisotopic (exact) mass is 682 g/mol. The molecule has 2 amide bonds. The van der Waals surface area contributed by atoms with Crippen LogP contribution in [0.3, 0.4) is 0 Å². The summed E-state index contributed by atoms with van der Waals surface area (Å²) in [5, 5.41) is 2.23. The zero-order valence-electron chi connectivity index (χ0n) is 28.8. The van der Waals surface area contributed by atoms with Crippen LogP contribution in [0.2, 0.25) is 0 Å². The number of unbranched alkanes of at least 4 members (excludes halogenated alkanes) is 1. The zero-order chi connectivity index (χ0) is 35.3. The number of anilines is 1. The second-order valence-electron chi connectivity index (χ2n) is 13.6. The second-order valence-corrected chi connectivity index (χ2v) is 13.6. The molecule has 1 aliphatic heterocycles. The van der Waals surface area contributed by atoms with Crippen molar-refractivity contribution in [2.24, 2.45) is 0 Å². The van der Waals surface area contributed by atoms with Crippen LogP contribution in [0.5, 0.6) is 0 Å². The Labute approximate surface area is 292 Å². The van der Waals surface area contributed by atoms with Crippen molar-refractivity contribution in [1.29, 1.82) is 0 Å². The first-order chi connectivity index (χ1) is 24.1. The van der Waals surface area contributed by atoms with Gasteiger partial charge >= 0.3 is 6.18 Å². The third kappa shape index (κ3) is 7.58. The molecule has 1 aliphatic carbocycles. The van der Waals surface area contributed by atoms with E-state index in [0.29, 0.717) is 24.9 Å². The molecule has 9 heteroatoms. The minimum atomic E-state index is -4.49. The molecular weight excluding hydrogens is 637 g/mol. The van der Waals surface area contributed by atoms with Gasteiger partial charge < -0.3 is 15.1 Å². The first-order valence-electron chi connectivity index (χ1n) is 17.5. The lowest BCUT2D eigenvalue weighted by atomic mass is 9.73. The minimum absolute atomic E-state index is 0.0180. The fourth-order valence-electron chi connectivity index (χ4n) is 7.49. The average molecular weight is 683 g/mol. The van der Waals surface area contributed by atoms with E-state index in [9.17, 15) is 22.8 Å². The van der Waals surface area contributed by atoms with Crippen LogP contribution in [-0.4, -0.2) is 73.1 Å². The van der Waals surface area contributed by atoms with Gasteiger partial charge in [-0.3, -0.25) is 14.5 Å². The highest BCUT2D eigenvalue weighted by Gasteiger charge is 2.49. The predicted octanol–water partition coefficient (Wildman–Crippen LogP) is 7.67. The molecule has 1 saturated heterocycles. The topological polar surface area (TPSA) is 55.9 Å². The van der Waals surface area contributed by atoms with Crippen molar-refractivity contribution >= 4 is 17.5 Å². The largest absolute Gasteiger partial charge is 0.405 e. The van der Waals surface area contributed by atoms with Crippen molar-refractivity contribution in [2.45, 2.75) is 57.3 Å². The van der Waals surface area contributed by atoms with Gasteiger partial charge in [-0.1, -0.05) is 85.3 Å². The van der Waals surface area contributed by atoms with Crippen LogP contribution in [0.15, 0.2) is 103 Å². The molecule has 4 aromatic carbocycles.